The van der Waals surface area contributed by atoms with Crippen LogP contribution < -0.4 is 0 Å². The Balaban J connectivity index is 1.95. The van der Waals surface area contributed by atoms with E-state index in [9.17, 15) is 0 Å². The summed E-state index contributed by atoms with van der Waals surface area (Å²) in [5.41, 5.74) is 2.97. The molecule has 19 heavy (non-hydrogen) atoms. The fourth-order valence-electron chi connectivity index (χ4n) is 3.22. The molecule has 0 N–H and O–H groups in total. The Hall–Kier alpha value is -1.73. The quantitative estimate of drug-likeness (QED) is 0.396. The third-order valence-electron chi connectivity index (χ3n) is 4.24. The number of rotatable bonds is 0. The second-order valence-corrected chi connectivity index (χ2v) is 6.69. The van der Waals surface area contributed by atoms with Gasteiger partial charge in [0.25, 0.3) is 0 Å². The highest BCUT2D eigenvalue weighted by Crippen LogP contribution is 2.60. The molecule has 0 radical (unpaired) electrons. The van der Waals surface area contributed by atoms with Crippen molar-refractivity contribution in [3.8, 4) is 0 Å². The first-order valence-corrected chi connectivity index (χ1v) is 7.63. The third kappa shape index (κ3) is 1.36. The predicted octanol–water partition coefficient (Wildman–Crippen LogP) is 5.18. The Kier molecular flexibility index (Phi) is 1.82. The van der Waals surface area contributed by atoms with E-state index in [0.717, 1.165) is 5.25 Å². The van der Waals surface area contributed by atoms with Crippen molar-refractivity contribution in [2.45, 2.75) is 10.5 Å². The van der Waals surface area contributed by atoms with Crippen molar-refractivity contribution in [2.75, 3.05) is 0 Å². The van der Waals surface area contributed by atoms with Crippen LogP contribution in [0.3, 0.4) is 0 Å². The first kappa shape index (κ1) is 10.1. The van der Waals surface area contributed by atoms with Crippen LogP contribution in [-0.4, -0.2) is 5.25 Å². The van der Waals surface area contributed by atoms with Gasteiger partial charge in [-0.05, 0) is 44.8 Å². The van der Waals surface area contributed by atoms with Gasteiger partial charge < -0.3 is 0 Å². The van der Waals surface area contributed by atoms with Crippen molar-refractivity contribution in [1.82, 2.24) is 0 Å². The second-order valence-electron chi connectivity index (χ2n) is 5.37. The molecule has 1 heterocycles. The van der Waals surface area contributed by atoms with E-state index in [-0.39, 0.29) is 0 Å². The van der Waals surface area contributed by atoms with Gasteiger partial charge in [-0.15, -0.1) is 11.8 Å². The summed E-state index contributed by atoms with van der Waals surface area (Å²) in [5.74, 6) is 0. The molecule has 0 saturated carbocycles. The smallest absolute Gasteiger partial charge is 0.0469 e. The van der Waals surface area contributed by atoms with Crippen molar-refractivity contribution in [1.29, 1.82) is 0 Å². The van der Waals surface area contributed by atoms with Gasteiger partial charge in [-0.3, -0.25) is 0 Å². The first-order chi connectivity index (χ1) is 9.40. The van der Waals surface area contributed by atoms with E-state index in [1.807, 2.05) is 0 Å². The Bertz CT molecular complexity index is 860. The molecular weight excluding hydrogens is 248 g/mol. The summed E-state index contributed by atoms with van der Waals surface area (Å²) in [7, 11) is 0. The molecule has 3 aromatic carbocycles. The van der Waals surface area contributed by atoms with Gasteiger partial charge in [0, 0.05) is 10.5 Å². The fourth-order valence-corrected chi connectivity index (χ4v) is 4.26. The molecule has 1 aliphatic heterocycles. The number of thioether (sulfide) groups is 1. The molecule has 90 valence electrons. The van der Waals surface area contributed by atoms with Crippen LogP contribution in [0.5, 0.6) is 0 Å². The lowest BCUT2D eigenvalue weighted by Gasteiger charge is -2.13. The maximum Gasteiger partial charge on any atom is 0.0469 e. The van der Waals surface area contributed by atoms with Gasteiger partial charge in [0.15, 0.2) is 0 Å². The zero-order chi connectivity index (χ0) is 12.4. The van der Waals surface area contributed by atoms with Crippen LogP contribution in [0.4, 0.5) is 0 Å². The summed E-state index contributed by atoms with van der Waals surface area (Å²) in [4.78, 5) is 0. The van der Waals surface area contributed by atoms with Crippen molar-refractivity contribution in [3.63, 3.8) is 0 Å². The van der Waals surface area contributed by atoms with E-state index in [4.69, 9.17) is 0 Å². The van der Waals surface area contributed by atoms with Crippen molar-refractivity contribution in [2.24, 2.45) is 0 Å². The van der Waals surface area contributed by atoms with E-state index in [2.05, 4.69) is 72.4 Å². The highest BCUT2D eigenvalue weighted by atomic mass is 32.2. The maximum atomic E-state index is 2.37. The van der Waals surface area contributed by atoms with Gasteiger partial charge in [-0.25, -0.2) is 0 Å². The summed E-state index contributed by atoms with van der Waals surface area (Å²) in [5, 5.41) is 6.93. The van der Waals surface area contributed by atoms with E-state index >= 15 is 0 Å². The molecule has 1 saturated heterocycles. The number of hydrogen-bond acceptors (Lipinski definition) is 1. The normalized spacial score (nSPS) is 23.4. The van der Waals surface area contributed by atoms with Crippen molar-refractivity contribution in [3.05, 3.63) is 65.7 Å². The number of hydrogen-bond donors (Lipinski definition) is 0. The minimum atomic E-state index is 0.699. The SMILES string of the molecule is C1=C[C@H]2S[C@H]2c2c1ccc1cc3ccccc3cc21. The summed E-state index contributed by atoms with van der Waals surface area (Å²) in [6, 6.07) is 17.9. The maximum absolute atomic E-state index is 2.37. The number of fused-ring (bicyclic) bond motifs is 6. The van der Waals surface area contributed by atoms with Gasteiger partial charge in [-0.2, -0.15) is 0 Å². The van der Waals surface area contributed by atoms with Crippen LogP contribution in [-0.2, 0) is 0 Å². The van der Waals surface area contributed by atoms with E-state index < -0.39 is 0 Å². The molecule has 0 aromatic heterocycles. The molecule has 0 spiro atoms. The van der Waals surface area contributed by atoms with Crippen LogP contribution in [0.25, 0.3) is 27.6 Å². The van der Waals surface area contributed by atoms with Crippen LogP contribution in [0.15, 0.2) is 54.6 Å². The highest BCUT2D eigenvalue weighted by molar-refractivity contribution is 8.07. The average molecular weight is 260 g/mol. The summed E-state index contributed by atoms with van der Waals surface area (Å²) < 4.78 is 0. The molecule has 1 aliphatic carbocycles. The second kappa shape index (κ2) is 3.43. The lowest BCUT2D eigenvalue weighted by Crippen LogP contribution is -1.96. The van der Waals surface area contributed by atoms with E-state index in [0.29, 0.717) is 5.25 Å². The lowest BCUT2D eigenvalue weighted by molar-refractivity contribution is 1.11. The van der Waals surface area contributed by atoms with Crippen LogP contribution in [0.1, 0.15) is 16.4 Å². The predicted molar refractivity (Wildman–Crippen MR) is 84.6 cm³/mol. The first-order valence-electron chi connectivity index (χ1n) is 6.69. The van der Waals surface area contributed by atoms with Gasteiger partial charge in [0.2, 0.25) is 0 Å². The number of benzene rings is 3. The fraction of sp³-hybridized carbons (Fsp3) is 0.111. The minimum absolute atomic E-state index is 0.699. The Morgan fingerprint density at radius 1 is 0.842 bits per heavy atom. The molecule has 1 heteroatoms. The molecule has 0 unspecified atom stereocenters. The molecule has 0 nitrogen and oxygen atoms in total. The minimum Gasteiger partial charge on any atom is -0.143 e. The Morgan fingerprint density at radius 3 is 2.58 bits per heavy atom. The van der Waals surface area contributed by atoms with Gasteiger partial charge >= 0.3 is 0 Å². The standard InChI is InChI=1S/C18H12S/c1-2-4-13-10-15-14(9-12(13)3-1)6-5-11-7-8-16-18(19-16)17(11)15/h1-10,16,18H/t16-,18-/m1/s1. The summed E-state index contributed by atoms with van der Waals surface area (Å²) in [6.45, 7) is 0. The molecule has 5 rings (SSSR count). The molecule has 0 bridgehead atoms. The average Bonchev–Trinajstić information content (AvgIpc) is 3.24. The van der Waals surface area contributed by atoms with Crippen molar-refractivity contribution < 1.29 is 0 Å². The largest absolute Gasteiger partial charge is 0.143 e. The van der Waals surface area contributed by atoms with E-state index in [1.165, 1.54) is 27.1 Å². The monoisotopic (exact) mass is 260 g/mol. The van der Waals surface area contributed by atoms with Crippen LogP contribution in [0.2, 0.25) is 0 Å². The molecule has 2 atom stereocenters. The molecule has 3 aromatic rings. The summed E-state index contributed by atoms with van der Waals surface area (Å²) in [6.07, 6.45) is 4.65. The van der Waals surface area contributed by atoms with Gasteiger partial charge in [0.05, 0.1) is 0 Å². The molecule has 2 aliphatic rings. The highest BCUT2D eigenvalue weighted by Gasteiger charge is 2.41. The Labute approximate surface area is 116 Å². The topological polar surface area (TPSA) is 0 Å². The summed E-state index contributed by atoms with van der Waals surface area (Å²) >= 11 is 2.08. The molecular formula is C18H12S. The van der Waals surface area contributed by atoms with Crippen LogP contribution in [0, 0.1) is 0 Å². The van der Waals surface area contributed by atoms with Gasteiger partial charge in [-0.1, -0.05) is 48.6 Å². The zero-order valence-corrected chi connectivity index (χ0v) is 11.2. The van der Waals surface area contributed by atoms with Gasteiger partial charge in [0.1, 0.15) is 0 Å². The lowest BCUT2D eigenvalue weighted by atomic mass is 9.90. The zero-order valence-electron chi connectivity index (χ0n) is 10.3. The Morgan fingerprint density at radius 2 is 1.68 bits per heavy atom. The molecule has 0 amide bonds. The van der Waals surface area contributed by atoms with Crippen molar-refractivity contribution >= 4 is 39.4 Å². The molecule has 1 fully saturated rings. The van der Waals surface area contributed by atoms with Crippen LogP contribution >= 0.6 is 11.8 Å². The third-order valence-corrected chi connectivity index (χ3v) is 5.49. The van der Waals surface area contributed by atoms with E-state index in [1.54, 1.807) is 5.56 Å².